The van der Waals surface area contributed by atoms with Crippen LogP contribution in [-0.4, -0.2) is 6.29 Å². The predicted molar refractivity (Wildman–Crippen MR) is 36.8 cm³/mol. The Kier molecular flexibility index (Phi) is 2.19. The summed E-state index contributed by atoms with van der Waals surface area (Å²) in [6, 6.07) is 1.85. The molecule has 1 nitrogen and oxygen atoms in total. The summed E-state index contributed by atoms with van der Waals surface area (Å²) >= 11 is 5.22. The maximum Gasteiger partial charge on any atom is 0.177 e. The zero-order valence-electron chi connectivity index (χ0n) is 5.27. The molecule has 0 unspecified atom stereocenters. The van der Waals surface area contributed by atoms with Gasteiger partial charge in [0.1, 0.15) is 6.29 Å². The van der Waals surface area contributed by atoms with Gasteiger partial charge in [-0.25, -0.2) is 8.78 Å². The lowest BCUT2D eigenvalue weighted by molar-refractivity contribution is 0.112. The second kappa shape index (κ2) is 2.96. The molecule has 0 saturated heterocycles. The van der Waals surface area contributed by atoms with Crippen molar-refractivity contribution < 1.29 is 13.6 Å². The van der Waals surface area contributed by atoms with Crippen molar-refractivity contribution in [1.82, 2.24) is 0 Å². The molecular formula is C7H3ClF2O. The van der Waals surface area contributed by atoms with Crippen molar-refractivity contribution in [2.24, 2.45) is 0 Å². The van der Waals surface area contributed by atoms with E-state index in [1.165, 1.54) is 0 Å². The number of aldehydes is 1. The molecule has 11 heavy (non-hydrogen) atoms. The molecule has 0 aliphatic rings. The predicted octanol–water partition coefficient (Wildman–Crippen LogP) is 2.43. The van der Waals surface area contributed by atoms with Crippen LogP contribution in [0.25, 0.3) is 0 Å². The summed E-state index contributed by atoms with van der Waals surface area (Å²) in [7, 11) is 0. The summed E-state index contributed by atoms with van der Waals surface area (Å²) in [6.07, 6.45) is 0.397. The van der Waals surface area contributed by atoms with Crippen molar-refractivity contribution in [2.45, 2.75) is 0 Å². The SMILES string of the molecule is O=Cc1cc(F)c(F)c(Cl)c1. The minimum Gasteiger partial charge on any atom is -0.298 e. The summed E-state index contributed by atoms with van der Waals surface area (Å²) in [6.45, 7) is 0. The molecule has 0 saturated carbocycles. The van der Waals surface area contributed by atoms with E-state index >= 15 is 0 Å². The molecule has 0 bridgehead atoms. The standard InChI is InChI=1S/C7H3ClF2O/c8-5-1-4(3-11)2-6(9)7(5)10/h1-3H. The van der Waals surface area contributed by atoms with Crippen LogP contribution in [0, 0.1) is 11.6 Å². The maximum absolute atomic E-state index is 12.4. The first kappa shape index (κ1) is 8.14. The Balaban J connectivity index is 3.31. The molecule has 0 radical (unpaired) electrons. The highest BCUT2D eigenvalue weighted by molar-refractivity contribution is 6.31. The summed E-state index contributed by atoms with van der Waals surface area (Å²) in [4.78, 5) is 10.1. The van der Waals surface area contributed by atoms with Gasteiger partial charge < -0.3 is 0 Å². The number of hydrogen-bond donors (Lipinski definition) is 0. The van der Waals surface area contributed by atoms with Crippen LogP contribution < -0.4 is 0 Å². The molecule has 0 heterocycles. The van der Waals surface area contributed by atoms with Crippen molar-refractivity contribution in [3.05, 3.63) is 34.4 Å². The van der Waals surface area contributed by atoms with Gasteiger partial charge in [0, 0.05) is 5.56 Å². The topological polar surface area (TPSA) is 17.1 Å². The number of carbonyl (C=O) groups is 1. The van der Waals surface area contributed by atoms with E-state index in [1.807, 2.05) is 0 Å². The van der Waals surface area contributed by atoms with Gasteiger partial charge in [0.25, 0.3) is 0 Å². The van der Waals surface area contributed by atoms with Gasteiger partial charge in [0.2, 0.25) is 0 Å². The van der Waals surface area contributed by atoms with E-state index in [4.69, 9.17) is 11.6 Å². The van der Waals surface area contributed by atoms with Crippen LogP contribution in [0.15, 0.2) is 12.1 Å². The molecule has 58 valence electrons. The maximum atomic E-state index is 12.4. The molecule has 1 aromatic rings. The second-order valence-electron chi connectivity index (χ2n) is 1.92. The summed E-state index contributed by atoms with van der Waals surface area (Å²) in [5.74, 6) is -2.24. The molecule has 4 heteroatoms. The van der Waals surface area contributed by atoms with E-state index in [0.29, 0.717) is 6.29 Å². The number of benzene rings is 1. The van der Waals surface area contributed by atoms with Gasteiger partial charge in [0.15, 0.2) is 11.6 Å². The Morgan fingerprint density at radius 3 is 2.45 bits per heavy atom. The van der Waals surface area contributed by atoms with Gasteiger partial charge >= 0.3 is 0 Å². The van der Waals surface area contributed by atoms with Crippen molar-refractivity contribution in [2.75, 3.05) is 0 Å². The zero-order chi connectivity index (χ0) is 8.43. The molecule has 1 rings (SSSR count). The van der Waals surface area contributed by atoms with Gasteiger partial charge in [-0.05, 0) is 12.1 Å². The molecule has 0 spiro atoms. The molecule has 0 aliphatic carbocycles. The van der Waals surface area contributed by atoms with Crippen LogP contribution in [0.2, 0.25) is 5.02 Å². The Labute approximate surface area is 66.6 Å². The highest BCUT2D eigenvalue weighted by Gasteiger charge is 2.07. The van der Waals surface area contributed by atoms with Gasteiger partial charge in [0.05, 0.1) is 5.02 Å². The summed E-state index contributed by atoms with van der Waals surface area (Å²) in [5, 5.41) is -0.382. The Hall–Kier alpha value is -0.960. The minimum atomic E-state index is -1.13. The lowest BCUT2D eigenvalue weighted by Gasteiger charge is -1.95. The van der Waals surface area contributed by atoms with Crippen LogP contribution >= 0.6 is 11.6 Å². The molecule has 0 amide bonds. The quantitative estimate of drug-likeness (QED) is 0.475. The van der Waals surface area contributed by atoms with Crippen molar-refractivity contribution >= 4 is 17.9 Å². The monoisotopic (exact) mass is 176 g/mol. The Morgan fingerprint density at radius 2 is 2.00 bits per heavy atom. The third-order valence-electron chi connectivity index (χ3n) is 1.14. The fourth-order valence-corrected chi connectivity index (χ4v) is 0.859. The van der Waals surface area contributed by atoms with Crippen molar-refractivity contribution in [1.29, 1.82) is 0 Å². The molecule has 0 atom stereocenters. The van der Waals surface area contributed by atoms with E-state index < -0.39 is 11.6 Å². The lowest BCUT2D eigenvalue weighted by atomic mass is 10.2. The molecule has 0 fully saturated rings. The number of carbonyl (C=O) groups excluding carboxylic acids is 1. The van der Waals surface area contributed by atoms with Gasteiger partial charge in [-0.2, -0.15) is 0 Å². The van der Waals surface area contributed by atoms with Gasteiger partial charge in [-0.15, -0.1) is 0 Å². The summed E-state index contributed by atoms with van der Waals surface area (Å²) < 4.78 is 24.8. The van der Waals surface area contributed by atoms with Gasteiger partial charge in [-0.1, -0.05) is 11.6 Å². The normalized spacial score (nSPS) is 9.73. The van der Waals surface area contributed by atoms with Crippen LogP contribution in [-0.2, 0) is 0 Å². The van der Waals surface area contributed by atoms with Crippen molar-refractivity contribution in [3.63, 3.8) is 0 Å². The Morgan fingerprint density at radius 1 is 1.36 bits per heavy atom. The second-order valence-corrected chi connectivity index (χ2v) is 2.32. The highest BCUT2D eigenvalue weighted by Crippen LogP contribution is 2.18. The van der Waals surface area contributed by atoms with Crippen LogP contribution in [0.4, 0.5) is 8.78 Å². The lowest BCUT2D eigenvalue weighted by Crippen LogP contribution is -1.88. The smallest absolute Gasteiger partial charge is 0.177 e. The molecule has 0 aromatic heterocycles. The first-order valence-corrected chi connectivity index (χ1v) is 3.12. The third-order valence-corrected chi connectivity index (χ3v) is 1.42. The average molecular weight is 177 g/mol. The molecule has 0 N–H and O–H groups in total. The largest absolute Gasteiger partial charge is 0.298 e. The fourth-order valence-electron chi connectivity index (χ4n) is 0.643. The van der Waals surface area contributed by atoms with E-state index in [9.17, 15) is 13.6 Å². The average Bonchev–Trinajstić information content (AvgIpc) is 1.99. The van der Waals surface area contributed by atoms with Gasteiger partial charge in [-0.3, -0.25) is 4.79 Å². The van der Waals surface area contributed by atoms with E-state index in [2.05, 4.69) is 0 Å². The minimum absolute atomic E-state index is 0.0221. The van der Waals surface area contributed by atoms with E-state index in [1.54, 1.807) is 0 Å². The number of halogens is 3. The molecule has 1 aromatic carbocycles. The first-order chi connectivity index (χ1) is 5.15. The Bertz CT molecular complexity index is 275. The molecular weight excluding hydrogens is 174 g/mol. The van der Waals surface area contributed by atoms with Crippen molar-refractivity contribution in [3.8, 4) is 0 Å². The van der Waals surface area contributed by atoms with E-state index in [-0.39, 0.29) is 10.6 Å². The molecule has 0 aliphatic heterocycles. The van der Waals surface area contributed by atoms with Crippen LogP contribution in [0.3, 0.4) is 0 Å². The number of hydrogen-bond acceptors (Lipinski definition) is 1. The van der Waals surface area contributed by atoms with Crippen LogP contribution in [0.1, 0.15) is 10.4 Å². The third kappa shape index (κ3) is 1.54. The van der Waals surface area contributed by atoms with Crippen LogP contribution in [0.5, 0.6) is 0 Å². The summed E-state index contributed by atoms with van der Waals surface area (Å²) in [5.41, 5.74) is 0.0221. The fraction of sp³-hybridized carbons (Fsp3) is 0. The van der Waals surface area contributed by atoms with E-state index in [0.717, 1.165) is 12.1 Å². The highest BCUT2D eigenvalue weighted by atomic mass is 35.5. The number of rotatable bonds is 1. The first-order valence-electron chi connectivity index (χ1n) is 2.75. The zero-order valence-corrected chi connectivity index (χ0v) is 6.03.